The summed E-state index contributed by atoms with van der Waals surface area (Å²) < 4.78 is 12.2. The number of Topliss-reactive ketones (excluding diaryl/α,β-unsaturated/α-hetero) is 1. The second-order valence-corrected chi connectivity index (χ2v) is 15.9. The molecule has 11 rings (SSSR count). The summed E-state index contributed by atoms with van der Waals surface area (Å²) in [6, 6.07) is 7.86. The molecular weight excluding hydrogens is 608 g/mol. The maximum atomic E-state index is 12.7. The van der Waals surface area contributed by atoms with Gasteiger partial charge in [-0.1, -0.05) is 30.4 Å². The molecule has 0 radical (unpaired) electrons. The van der Waals surface area contributed by atoms with Gasteiger partial charge in [0, 0.05) is 54.1 Å². The van der Waals surface area contributed by atoms with E-state index in [2.05, 4.69) is 22.5 Å². The zero-order valence-electron chi connectivity index (χ0n) is 27.2. The van der Waals surface area contributed by atoms with Gasteiger partial charge in [0.2, 0.25) is 0 Å². The van der Waals surface area contributed by atoms with Crippen molar-refractivity contribution in [3.8, 4) is 23.0 Å². The molecule has 2 saturated carbocycles. The molecule has 4 fully saturated rings. The highest BCUT2D eigenvalue weighted by Crippen LogP contribution is 2.65. The lowest BCUT2D eigenvalue weighted by Gasteiger charge is -2.62. The van der Waals surface area contributed by atoms with E-state index < -0.39 is 23.2 Å². The molecule has 9 heteroatoms. The topological polar surface area (TPSA) is 123 Å². The number of phenolic OH excluding ortho intramolecular Hbond substituents is 2. The maximum Gasteiger partial charge on any atom is 0.174 e. The van der Waals surface area contributed by atoms with Crippen LogP contribution in [0.2, 0.25) is 0 Å². The monoisotopic (exact) mass is 652 g/mol. The lowest BCUT2D eigenvalue weighted by Crippen LogP contribution is -2.76. The Labute approximate surface area is 280 Å². The predicted molar refractivity (Wildman–Crippen MR) is 177 cm³/mol. The van der Waals surface area contributed by atoms with Crippen molar-refractivity contribution >= 4 is 5.78 Å². The van der Waals surface area contributed by atoms with Crippen LogP contribution in [0.5, 0.6) is 23.0 Å². The average Bonchev–Trinajstić information content (AvgIpc) is 3.71. The van der Waals surface area contributed by atoms with Gasteiger partial charge >= 0.3 is 0 Å². The van der Waals surface area contributed by atoms with Gasteiger partial charge < -0.3 is 29.9 Å². The zero-order chi connectivity index (χ0) is 32.7. The number of ketones is 1. The first-order chi connectivity index (χ1) is 23.2. The number of hydrogen-bond donors (Lipinski definition) is 4. The maximum absolute atomic E-state index is 12.7. The Hall–Kier alpha value is -3.37. The molecule has 2 aromatic rings. The average molecular weight is 653 g/mol. The number of hydrogen-bond acceptors (Lipinski definition) is 9. The number of likely N-dealkylation sites (tertiary alicyclic amines) is 2. The van der Waals surface area contributed by atoms with Crippen LogP contribution in [-0.2, 0) is 28.5 Å². The van der Waals surface area contributed by atoms with Crippen molar-refractivity contribution in [3.05, 3.63) is 71.3 Å². The van der Waals surface area contributed by atoms with Crippen LogP contribution in [0.4, 0.5) is 0 Å². The summed E-state index contributed by atoms with van der Waals surface area (Å²) in [7, 11) is 0. The van der Waals surface area contributed by atoms with E-state index in [0.717, 1.165) is 74.5 Å². The summed E-state index contributed by atoms with van der Waals surface area (Å²) in [5.41, 5.74) is 2.68. The number of ether oxygens (including phenoxy) is 2. The molecule has 9 aliphatic rings. The van der Waals surface area contributed by atoms with Gasteiger partial charge in [0.25, 0.3) is 0 Å². The number of aromatic hydroxyl groups is 2. The van der Waals surface area contributed by atoms with Crippen molar-refractivity contribution in [2.24, 2.45) is 11.8 Å². The first kappa shape index (κ1) is 29.5. The third-order valence-electron chi connectivity index (χ3n) is 13.9. The molecule has 0 unspecified atom stereocenters. The van der Waals surface area contributed by atoms with E-state index in [1.165, 1.54) is 18.4 Å². The van der Waals surface area contributed by atoms with Crippen LogP contribution in [0.3, 0.4) is 0 Å². The van der Waals surface area contributed by atoms with Gasteiger partial charge in [-0.25, -0.2) is 0 Å². The fourth-order valence-corrected chi connectivity index (χ4v) is 11.8. The molecule has 4 aliphatic heterocycles. The van der Waals surface area contributed by atoms with E-state index in [0.29, 0.717) is 36.3 Å². The molecule has 0 amide bonds. The van der Waals surface area contributed by atoms with E-state index >= 15 is 0 Å². The number of rotatable bonds is 4. The number of nitrogens with zero attached hydrogens (tertiary/aromatic N) is 2. The van der Waals surface area contributed by atoms with Gasteiger partial charge in [0.05, 0.1) is 11.0 Å². The molecule has 9 atom stereocenters. The molecule has 252 valence electrons. The van der Waals surface area contributed by atoms with Crippen LogP contribution >= 0.6 is 0 Å². The molecule has 4 bridgehead atoms. The summed E-state index contributed by atoms with van der Waals surface area (Å²) in [6.45, 7) is 7.71. The van der Waals surface area contributed by atoms with E-state index in [1.807, 2.05) is 24.3 Å². The van der Waals surface area contributed by atoms with Crippen LogP contribution < -0.4 is 9.47 Å². The van der Waals surface area contributed by atoms with Crippen molar-refractivity contribution in [2.45, 2.75) is 98.2 Å². The van der Waals surface area contributed by atoms with E-state index in [-0.39, 0.29) is 34.8 Å². The molecule has 9 nitrogen and oxygen atoms in total. The molecule has 4 N–H and O–H groups in total. The minimum atomic E-state index is -0.940. The summed E-state index contributed by atoms with van der Waals surface area (Å²) in [5.74, 6) is 2.51. The van der Waals surface area contributed by atoms with Crippen LogP contribution in [0, 0.1) is 11.8 Å². The molecule has 48 heavy (non-hydrogen) atoms. The summed E-state index contributed by atoms with van der Waals surface area (Å²) >= 11 is 0. The number of carbonyl (C=O) groups is 1. The van der Waals surface area contributed by atoms with Gasteiger partial charge in [-0.3, -0.25) is 14.6 Å². The Kier molecular flexibility index (Phi) is 6.07. The number of piperidine rings is 2. The lowest BCUT2D eigenvalue weighted by atomic mass is 9.49. The summed E-state index contributed by atoms with van der Waals surface area (Å²) in [5, 5.41) is 43.1. The summed E-state index contributed by atoms with van der Waals surface area (Å²) in [4.78, 5) is 17.7. The Balaban J connectivity index is 0.000000124. The normalized spacial score (nSPS) is 40.6. The zero-order valence-corrected chi connectivity index (χ0v) is 27.2. The Morgan fingerprint density at radius 2 is 1.65 bits per heavy atom. The molecule has 2 saturated heterocycles. The van der Waals surface area contributed by atoms with E-state index in [9.17, 15) is 25.2 Å². The number of aliphatic hydroxyl groups excluding tert-OH is 1. The summed E-state index contributed by atoms with van der Waals surface area (Å²) in [6.07, 6.45) is 11.4. The second kappa shape index (κ2) is 9.87. The minimum absolute atomic E-state index is 0.0454. The number of carbonyl (C=O) groups excluding carboxylic acids is 1. The third-order valence-corrected chi connectivity index (χ3v) is 13.9. The number of phenols is 2. The molecule has 5 aliphatic carbocycles. The van der Waals surface area contributed by atoms with Crippen LogP contribution in [0.25, 0.3) is 0 Å². The van der Waals surface area contributed by atoms with Crippen molar-refractivity contribution in [1.29, 1.82) is 0 Å². The van der Waals surface area contributed by atoms with Crippen LogP contribution in [-0.4, -0.2) is 98.2 Å². The third kappa shape index (κ3) is 3.53. The van der Waals surface area contributed by atoms with Gasteiger partial charge in [0.1, 0.15) is 12.2 Å². The van der Waals surface area contributed by atoms with E-state index in [4.69, 9.17) is 9.47 Å². The van der Waals surface area contributed by atoms with Gasteiger partial charge in [0.15, 0.2) is 34.9 Å². The molecule has 2 spiro atoms. The number of benzene rings is 2. The number of aliphatic hydroxyl groups is 2. The van der Waals surface area contributed by atoms with Crippen molar-refractivity contribution in [1.82, 2.24) is 9.80 Å². The SMILES string of the molecule is C=CCN1CC[C@]23c4c5ccc(O)c4O[C@H]2[C@@H](O)C=C[C@H]3[C@H]1C5.O=C1CC[C@@]2(O)[C@H]3Cc4ccc(O)c5c4[C@@]2(CCN3CC2CC2)[C@H]1O5. The largest absolute Gasteiger partial charge is 0.504 e. The predicted octanol–water partition coefficient (Wildman–Crippen LogP) is 3.28. The van der Waals surface area contributed by atoms with Crippen LogP contribution in [0.15, 0.2) is 49.1 Å². The van der Waals surface area contributed by atoms with Crippen molar-refractivity contribution in [2.75, 3.05) is 26.2 Å². The first-order valence-electron chi connectivity index (χ1n) is 18.0. The minimum Gasteiger partial charge on any atom is -0.504 e. The van der Waals surface area contributed by atoms with Gasteiger partial charge in [-0.15, -0.1) is 6.58 Å². The van der Waals surface area contributed by atoms with Crippen molar-refractivity contribution in [3.63, 3.8) is 0 Å². The van der Waals surface area contributed by atoms with Gasteiger partial charge in [-0.2, -0.15) is 0 Å². The molecular formula is C39H44N2O7. The Morgan fingerprint density at radius 3 is 2.40 bits per heavy atom. The Morgan fingerprint density at radius 1 is 0.917 bits per heavy atom. The highest BCUT2D eigenvalue weighted by Gasteiger charge is 2.73. The lowest BCUT2D eigenvalue weighted by molar-refractivity contribution is -0.188. The first-order valence-corrected chi connectivity index (χ1v) is 18.0. The second-order valence-electron chi connectivity index (χ2n) is 15.9. The highest BCUT2D eigenvalue weighted by molar-refractivity contribution is 5.90. The fraction of sp³-hybridized carbons (Fsp3) is 0.564. The molecule has 4 heterocycles. The Bertz CT molecular complexity index is 1790. The van der Waals surface area contributed by atoms with Gasteiger partial charge in [-0.05, 0) is 87.2 Å². The molecule has 2 aromatic carbocycles. The smallest absolute Gasteiger partial charge is 0.174 e. The highest BCUT2D eigenvalue weighted by atomic mass is 16.5. The molecule has 0 aromatic heterocycles. The quantitative estimate of drug-likeness (QED) is 0.369. The fourth-order valence-electron chi connectivity index (χ4n) is 11.8. The van der Waals surface area contributed by atoms with Crippen LogP contribution in [0.1, 0.15) is 60.8 Å². The standard InChI is InChI=1S/C20H23NO4.C19H21NO3/c22-13-4-3-12-9-15-20(24)6-5-14(23)18-19(20,16(12)17(13)25-18)7-8-21(15)10-11-1-2-11;1-2-8-20-9-7-19-12-4-6-15(22)18(19)23-17-14(21)5-3-11(16(17)19)10-13(12)20/h3-4,11,15,18,22,24H,1-2,5-10H2;2-6,12-13,15,18,21-22H,1,7-10H2/t15-,18+,19+,20-;12-,13+,15-,18-,19-/m10/s1. The van der Waals surface area contributed by atoms with Crippen molar-refractivity contribution < 1.29 is 34.7 Å². The van der Waals surface area contributed by atoms with E-state index in [1.54, 1.807) is 12.1 Å².